The van der Waals surface area contributed by atoms with Gasteiger partial charge in [0, 0.05) is 27.3 Å². The summed E-state index contributed by atoms with van der Waals surface area (Å²) in [5.41, 5.74) is 7.50. The fourth-order valence-electron chi connectivity index (χ4n) is 2.16. The van der Waals surface area contributed by atoms with Crippen LogP contribution in [0.4, 0.5) is 17.5 Å². The number of benzene rings is 2. The standard InChI is InChI=1S/C15H13BrN4/c1-9-8-14(20-15(17)18-9)19-13-7-6-12(16)10-4-2-3-5-11(10)13/h2-8H,1H3,(H3,17,18,19,20). The Morgan fingerprint density at radius 2 is 1.80 bits per heavy atom. The van der Waals surface area contributed by atoms with E-state index in [1.54, 1.807) is 0 Å². The van der Waals surface area contributed by atoms with Crippen LogP contribution in [0.15, 0.2) is 46.9 Å². The van der Waals surface area contributed by atoms with E-state index >= 15 is 0 Å². The van der Waals surface area contributed by atoms with Gasteiger partial charge in [0.15, 0.2) is 0 Å². The van der Waals surface area contributed by atoms with Crippen LogP contribution in [0.5, 0.6) is 0 Å². The van der Waals surface area contributed by atoms with Gasteiger partial charge in [-0.3, -0.25) is 0 Å². The van der Waals surface area contributed by atoms with Crippen LogP contribution < -0.4 is 11.1 Å². The molecule has 0 aliphatic heterocycles. The highest BCUT2D eigenvalue weighted by atomic mass is 79.9. The predicted molar refractivity (Wildman–Crippen MR) is 86.1 cm³/mol. The molecule has 0 unspecified atom stereocenters. The van der Waals surface area contributed by atoms with Crippen molar-refractivity contribution >= 4 is 44.2 Å². The zero-order valence-electron chi connectivity index (χ0n) is 10.9. The maximum Gasteiger partial charge on any atom is 0.222 e. The molecule has 0 amide bonds. The summed E-state index contributed by atoms with van der Waals surface area (Å²) in [4.78, 5) is 8.27. The van der Waals surface area contributed by atoms with E-state index in [0.29, 0.717) is 5.82 Å². The van der Waals surface area contributed by atoms with Gasteiger partial charge in [-0.25, -0.2) is 4.98 Å². The number of rotatable bonds is 2. The Balaban J connectivity index is 2.09. The molecular formula is C15H13BrN4. The molecule has 3 aromatic rings. The number of nitrogens with one attached hydrogen (secondary N) is 1. The average molecular weight is 329 g/mol. The number of hydrogen-bond donors (Lipinski definition) is 2. The van der Waals surface area contributed by atoms with E-state index in [2.05, 4.69) is 43.3 Å². The van der Waals surface area contributed by atoms with Gasteiger partial charge in [0.2, 0.25) is 5.95 Å². The molecule has 2 aromatic carbocycles. The smallest absolute Gasteiger partial charge is 0.222 e. The number of nitrogen functional groups attached to an aromatic ring is 1. The molecule has 3 rings (SSSR count). The minimum atomic E-state index is 0.272. The van der Waals surface area contributed by atoms with Gasteiger partial charge in [-0.05, 0) is 24.4 Å². The maximum absolute atomic E-state index is 5.68. The van der Waals surface area contributed by atoms with Gasteiger partial charge in [0.1, 0.15) is 5.82 Å². The molecule has 0 spiro atoms. The average Bonchev–Trinajstić information content (AvgIpc) is 2.41. The number of fused-ring (bicyclic) bond motifs is 1. The first kappa shape index (κ1) is 12.9. The van der Waals surface area contributed by atoms with Gasteiger partial charge in [-0.15, -0.1) is 0 Å². The van der Waals surface area contributed by atoms with Crippen molar-refractivity contribution in [3.63, 3.8) is 0 Å². The van der Waals surface area contributed by atoms with Gasteiger partial charge in [-0.2, -0.15) is 4.98 Å². The first-order valence-corrected chi connectivity index (χ1v) is 6.98. The van der Waals surface area contributed by atoms with Crippen molar-refractivity contribution in [2.45, 2.75) is 6.92 Å². The van der Waals surface area contributed by atoms with Crippen LogP contribution >= 0.6 is 15.9 Å². The van der Waals surface area contributed by atoms with E-state index in [1.165, 1.54) is 0 Å². The van der Waals surface area contributed by atoms with E-state index in [0.717, 1.165) is 26.6 Å². The molecule has 20 heavy (non-hydrogen) atoms. The van der Waals surface area contributed by atoms with Crippen LogP contribution in [-0.2, 0) is 0 Å². The highest BCUT2D eigenvalue weighted by molar-refractivity contribution is 9.10. The van der Waals surface area contributed by atoms with Crippen molar-refractivity contribution in [2.75, 3.05) is 11.1 Å². The Morgan fingerprint density at radius 1 is 1.05 bits per heavy atom. The SMILES string of the molecule is Cc1cc(Nc2ccc(Br)c3ccccc23)nc(N)n1. The number of aryl methyl sites for hydroxylation is 1. The molecule has 0 bridgehead atoms. The molecule has 1 aromatic heterocycles. The monoisotopic (exact) mass is 328 g/mol. The highest BCUT2D eigenvalue weighted by Gasteiger charge is 2.06. The summed E-state index contributed by atoms with van der Waals surface area (Å²) in [6, 6.07) is 14.1. The molecule has 0 saturated carbocycles. The second kappa shape index (κ2) is 5.09. The van der Waals surface area contributed by atoms with Crippen molar-refractivity contribution in [1.82, 2.24) is 9.97 Å². The largest absolute Gasteiger partial charge is 0.368 e. The molecule has 0 aliphatic rings. The minimum Gasteiger partial charge on any atom is -0.368 e. The predicted octanol–water partition coefficient (Wildman–Crippen LogP) is 4.03. The summed E-state index contributed by atoms with van der Waals surface area (Å²) in [5.74, 6) is 0.969. The molecule has 100 valence electrons. The molecule has 0 aliphatic carbocycles. The Kier molecular flexibility index (Phi) is 3.28. The van der Waals surface area contributed by atoms with Crippen molar-refractivity contribution in [1.29, 1.82) is 0 Å². The Labute approximate surface area is 125 Å². The lowest BCUT2D eigenvalue weighted by Gasteiger charge is -2.11. The second-order valence-corrected chi connectivity index (χ2v) is 5.37. The van der Waals surface area contributed by atoms with Crippen LogP contribution in [-0.4, -0.2) is 9.97 Å². The van der Waals surface area contributed by atoms with Gasteiger partial charge < -0.3 is 11.1 Å². The first-order chi connectivity index (χ1) is 9.63. The number of hydrogen-bond acceptors (Lipinski definition) is 4. The summed E-state index contributed by atoms with van der Waals surface area (Å²) in [5, 5.41) is 5.58. The van der Waals surface area contributed by atoms with Crippen LogP contribution in [0, 0.1) is 6.92 Å². The number of aromatic nitrogens is 2. The van der Waals surface area contributed by atoms with E-state index in [9.17, 15) is 0 Å². The van der Waals surface area contributed by atoms with E-state index in [1.807, 2.05) is 37.3 Å². The second-order valence-electron chi connectivity index (χ2n) is 4.52. The molecule has 1 heterocycles. The summed E-state index contributed by atoms with van der Waals surface area (Å²) >= 11 is 3.57. The highest BCUT2D eigenvalue weighted by Crippen LogP contribution is 2.31. The van der Waals surface area contributed by atoms with Crippen LogP contribution in [0.2, 0.25) is 0 Å². The fourth-order valence-corrected chi connectivity index (χ4v) is 2.64. The summed E-state index contributed by atoms with van der Waals surface area (Å²) < 4.78 is 1.07. The maximum atomic E-state index is 5.68. The van der Waals surface area contributed by atoms with Gasteiger partial charge in [0.05, 0.1) is 0 Å². The van der Waals surface area contributed by atoms with Gasteiger partial charge in [-0.1, -0.05) is 40.2 Å². The minimum absolute atomic E-state index is 0.272. The zero-order chi connectivity index (χ0) is 14.1. The van der Waals surface area contributed by atoms with Crippen LogP contribution in [0.25, 0.3) is 10.8 Å². The lowest BCUT2D eigenvalue weighted by molar-refractivity contribution is 1.12. The molecule has 5 heteroatoms. The Morgan fingerprint density at radius 3 is 2.55 bits per heavy atom. The third kappa shape index (κ3) is 2.44. The summed E-state index contributed by atoms with van der Waals surface area (Å²) in [7, 11) is 0. The number of nitrogens with zero attached hydrogens (tertiary/aromatic N) is 2. The normalized spacial score (nSPS) is 10.7. The van der Waals surface area contributed by atoms with Crippen molar-refractivity contribution < 1.29 is 0 Å². The summed E-state index contributed by atoms with van der Waals surface area (Å²) in [6.45, 7) is 1.89. The molecule has 4 nitrogen and oxygen atoms in total. The zero-order valence-corrected chi connectivity index (χ0v) is 12.5. The van der Waals surface area contributed by atoms with Crippen molar-refractivity contribution in [3.8, 4) is 0 Å². The van der Waals surface area contributed by atoms with E-state index < -0.39 is 0 Å². The molecule has 0 atom stereocenters. The van der Waals surface area contributed by atoms with Crippen molar-refractivity contribution in [3.05, 3.63) is 52.6 Å². The molecule has 0 radical (unpaired) electrons. The Hall–Kier alpha value is -2.14. The third-order valence-corrected chi connectivity index (χ3v) is 3.70. The number of halogens is 1. The number of anilines is 3. The molecular weight excluding hydrogens is 316 g/mol. The molecule has 0 saturated heterocycles. The van der Waals surface area contributed by atoms with E-state index in [4.69, 9.17) is 5.73 Å². The fraction of sp³-hybridized carbons (Fsp3) is 0.0667. The third-order valence-electron chi connectivity index (χ3n) is 3.01. The quantitative estimate of drug-likeness (QED) is 0.745. The lowest BCUT2D eigenvalue weighted by Crippen LogP contribution is -2.01. The Bertz CT molecular complexity index is 766. The van der Waals surface area contributed by atoms with Crippen LogP contribution in [0.1, 0.15) is 5.69 Å². The van der Waals surface area contributed by atoms with Crippen molar-refractivity contribution in [2.24, 2.45) is 0 Å². The van der Waals surface area contributed by atoms with Crippen LogP contribution in [0.3, 0.4) is 0 Å². The number of nitrogens with two attached hydrogens (primary N) is 1. The lowest BCUT2D eigenvalue weighted by atomic mass is 10.1. The van der Waals surface area contributed by atoms with Gasteiger partial charge >= 0.3 is 0 Å². The van der Waals surface area contributed by atoms with E-state index in [-0.39, 0.29) is 5.95 Å². The summed E-state index contributed by atoms with van der Waals surface area (Å²) in [6.07, 6.45) is 0. The molecule has 0 fully saturated rings. The molecule has 3 N–H and O–H groups in total. The first-order valence-electron chi connectivity index (χ1n) is 6.19. The van der Waals surface area contributed by atoms with Gasteiger partial charge in [0.25, 0.3) is 0 Å². The topological polar surface area (TPSA) is 63.8 Å².